The summed E-state index contributed by atoms with van der Waals surface area (Å²) in [6.45, 7) is 3.60. The van der Waals surface area contributed by atoms with Crippen LogP contribution in [-0.2, 0) is 4.74 Å². The quantitative estimate of drug-likeness (QED) is 0.720. The highest BCUT2D eigenvalue weighted by Crippen LogP contribution is 2.31. The van der Waals surface area contributed by atoms with E-state index in [9.17, 15) is 5.11 Å². The van der Waals surface area contributed by atoms with Crippen molar-refractivity contribution in [1.82, 2.24) is 4.90 Å². The van der Waals surface area contributed by atoms with Crippen LogP contribution in [0.25, 0.3) is 0 Å². The van der Waals surface area contributed by atoms with Gasteiger partial charge in [0.2, 0.25) is 0 Å². The second-order valence-corrected chi connectivity index (χ2v) is 5.08. The van der Waals surface area contributed by atoms with Crippen LogP contribution >= 0.6 is 0 Å². The summed E-state index contributed by atoms with van der Waals surface area (Å²) >= 11 is 0. The van der Waals surface area contributed by atoms with Crippen LogP contribution in [0.1, 0.15) is 32.6 Å². The van der Waals surface area contributed by atoms with Crippen LogP contribution in [0.3, 0.4) is 0 Å². The molecule has 0 spiro atoms. The SMILES string of the molecule is COC1CCCC(N2CC(C)(O)C2)C1. The first kappa shape index (κ1) is 10.4. The zero-order valence-electron chi connectivity index (χ0n) is 9.20. The van der Waals surface area contributed by atoms with Gasteiger partial charge in [0, 0.05) is 26.2 Å². The molecule has 3 nitrogen and oxygen atoms in total. The third-order valence-electron chi connectivity index (χ3n) is 3.54. The first-order chi connectivity index (χ1) is 6.61. The summed E-state index contributed by atoms with van der Waals surface area (Å²) in [6.07, 6.45) is 5.33. The van der Waals surface area contributed by atoms with Crippen molar-refractivity contribution in [2.24, 2.45) is 0 Å². The number of ether oxygens (including phenoxy) is 1. The fourth-order valence-electron chi connectivity index (χ4n) is 2.75. The Hall–Kier alpha value is -0.120. The van der Waals surface area contributed by atoms with Gasteiger partial charge in [-0.15, -0.1) is 0 Å². The van der Waals surface area contributed by atoms with E-state index in [1.165, 1.54) is 19.3 Å². The Morgan fingerprint density at radius 1 is 1.36 bits per heavy atom. The molecule has 1 heterocycles. The normalized spacial score (nSPS) is 37.9. The van der Waals surface area contributed by atoms with Gasteiger partial charge in [0.25, 0.3) is 0 Å². The number of nitrogens with zero attached hydrogens (tertiary/aromatic N) is 1. The summed E-state index contributed by atoms with van der Waals surface area (Å²) in [5.41, 5.74) is -0.431. The first-order valence-electron chi connectivity index (χ1n) is 5.60. The van der Waals surface area contributed by atoms with Crippen LogP contribution in [0.15, 0.2) is 0 Å². The average Bonchev–Trinajstić information content (AvgIpc) is 2.14. The molecule has 1 aliphatic heterocycles. The molecule has 1 saturated heterocycles. The molecule has 1 N–H and O–H groups in total. The van der Waals surface area contributed by atoms with Gasteiger partial charge < -0.3 is 9.84 Å². The van der Waals surface area contributed by atoms with E-state index in [1.807, 2.05) is 6.92 Å². The van der Waals surface area contributed by atoms with Crippen LogP contribution in [0.2, 0.25) is 0 Å². The number of likely N-dealkylation sites (tertiary alicyclic amines) is 1. The molecule has 0 aromatic rings. The average molecular weight is 199 g/mol. The maximum absolute atomic E-state index is 9.66. The highest BCUT2D eigenvalue weighted by Gasteiger charge is 2.41. The van der Waals surface area contributed by atoms with Gasteiger partial charge in [-0.25, -0.2) is 0 Å². The van der Waals surface area contributed by atoms with Gasteiger partial charge in [-0.3, -0.25) is 4.90 Å². The van der Waals surface area contributed by atoms with E-state index in [4.69, 9.17) is 4.74 Å². The lowest BCUT2D eigenvalue weighted by Crippen LogP contribution is -2.63. The number of hydrogen-bond acceptors (Lipinski definition) is 3. The first-order valence-corrected chi connectivity index (χ1v) is 5.60. The van der Waals surface area contributed by atoms with Crippen LogP contribution in [-0.4, -0.2) is 48.0 Å². The van der Waals surface area contributed by atoms with E-state index < -0.39 is 5.60 Å². The van der Waals surface area contributed by atoms with Crippen molar-refractivity contribution in [2.75, 3.05) is 20.2 Å². The van der Waals surface area contributed by atoms with Gasteiger partial charge in [-0.1, -0.05) is 0 Å². The largest absolute Gasteiger partial charge is 0.388 e. The van der Waals surface area contributed by atoms with Crippen LogP contribution in [0, 0.1) is 0 Å². The molecule has 2 fully saturated rings. The summed E-state index contributed by atoms with van der Waals surface area (Å²) in [5.74, 6) is 0. The molecule has 2 rings (SSSR count). The van der Waals surface area contributed by atoms with Crippen molar-refractivity contribution in [3.05, 3.63) is 0 Å². The van der Waals surface area contributed by atoms with Crippen molar-refractivity contribution in [1.29, 1.82) is 0 Å². The second kappa shape index (κ2) is 3.80. The lowest BCUT2D eigenvalue weighted by Gasteiger charge is -2.50. The monoisotopic (exact) mass is 199 g/mol. The minimum absolute atomic E-state index is 0.431. The van der Waals surface area contributed by atoms with Gasteiger partial charge in [0.15, 0.2) is 0 Å². The van der Waals surface area contributed by atoms with E-state index in [0.717, 1.165) is 19.5 Å². The molecule has 0 aromatic heterocycles. The molecule has 2 unspecified atom stereocenters. The van der Waals surface area contributed by atoms with Gasteiger partial charge in [-0.05, 0) is 32.6 Å². The summed E-state index contributed by atoms with van der Waals surface area (Å²) in [4.78, 5) is 2.39. The minimum Gasteiger partial charge on any atom is -0.388 e. The summed E-state index contributed by atoms with van der Waals surface area (Å²) in [5, 5.41) is 9.66. The lowest BCUT2D eigenvalue weighted by atomic mass is 9.86. The molecule has 2 atom stereocenters. The molecule has 82 valence electrons. The highest BCUT2D eigenvalue weighted by atomic mass is 16.5. The summed E-state index contributed by atoms with van der Waals surface area (Å²) in [6, 6.07) is 0.647. The highest BCUT2D eigenvalue weighted by molar-refractivity contribution is 4.96. The number of β-amino-alcohol motifs (C(OH)–C–C–N with tert-alkyl or cyclic N) is 1. The maximum atomic E-state index is 9.66. The van der Waals surface area contributed by atoms with Crippen LogP contribution in [0.5, 0.6) is 0 Å². The standard InChI is InChI=1S/C11H21NO2/c1-11(13)7-12(8-11)9-4-3-5-10(6-9)14-2/h9-10,13H,3-8H2,1-2H3. The van der Waals surface area contributed by atoms with E-state index in [2.05, 4.69) is 4.90 Å². The van der Waals surface area contributed by atoms with Crippen molar-refractivity contribution in [2.45, 2.75) is 50.4 Å². The van der Waals surface area contributed by atoms with Crippen molar-refractivity contribution in [3.63, 3.8) is 0 Å². The van der Waals surface area contributed by atoms with E-state index in [1.54, 1.807) is 7.11 Å². The van der Waals surface area contributed by atoms with E-state index in [-0.39, 0.29) is 0 Å². The smallest absolute Gasteiger partial charge is 0.0872 e. The minimum atomic E-state index is -0.431. The predicted octanol–water partition coefficient (Wildman–Crippen LogP) is 1.01. The molecule has 14 heavy (non-hydrogen) atoms. The van der Waals surface area contributed by atoms with E-state index >= 15 is 0 Å². The Balaban J connectivity index is 1.81. The zero-order valence-corrected chi connectivity index (χ0v) is 9.20. The van der Waals surface area contributed by atoms with Gasteiger partial charge in [0.05, 0.1) is 11.7 Å². The van der Waals surface area contributed by atoms with Crippen LogP contribution < -0.4 is 0 Å². The summed E-state index contributed by atoms with van der Waals surface area (Å²) < 4.78 is 5.40. The molecular formula is C11H21NO2. The molecule has 3 heteroatoms. The third kappa shape index (κ3) is 2.10. The number of hydrogen-bond donors (Lipinski definition) is 1. The Labute approximate surface area is 86.0 Å². The molecule has 0 bridgehead atoms. The maximum Gasteiger partial charge on any atom is 0.0872 e. The Morgan fingerprint density at radius 2 is 2.07 bits per heavy atom. The molecular weight excluding hydrogens is 178 g/mol. The fourth-order valence-corrected chi connectivity index (χ4v) is 2.75. The van der Waals surface area contributed by atoms with Gasteiger partial charge >= 0.3 is 0 Å². The van der Waals surface area contributed by atoms with Gasteiger partial charge in [-0.2, -0.15) is 0 Å². The molecule has 0 radical (unpaired) electrons. The fraction of sp³-hybridized carbons (Fsp3) is 1.00. The topological polar surface area (TPSA) is 32.7 Å². The Kier molecular flexibility index (Phi) is 2.82. The molecule has 1 saturated carbocycles. The number of methoxy groups -OCH3 is 1. The molecule has 1 aliphatic carbocycles. The predicted molar refractivity (Wildman–Crippen MR) is 55.2 cm³/mol. The Bertz CT molecular complexity index is 197. The molecule has 0 amide bonds. The van der Waals surface area contributed by atoms with E-state index in [0.29, 0.717) is 12.1 Å². The van der Waals surface area contributed by atoms with Crippen molar-refractivity contribution < 1.29 is 9.84 Å². The second-order valence-electron chi connectivity index (χ2n) is 5.08. The summed E-state index contributed by atoms with van der Waals surface area (Å²) in [7, 11) is 1.80. The van der Waals surface area contributed by atoms with Gasteiger partial charge in [0.1, 0.15) is 0 Å². The molecule has 0 aromatic carbocycles. The lowest BCUT2D eigenvalue weighted by molar-refractivity contribution is -0.115. The Morgan fingerprint density at radius 3 is 2.64 bits per heavy atom. The van der Waals surface area contributed by atoms with Crippen molar-refractivity contribution >= 4 is 0 Å². The number of rotatable bonds is 2. The third-order valence-corrected chi connectivity index (χ3v) is 3.54. The van der Waals surface area contributed by atoms with Crippen molar-refractivity contribution in [3.8, 4) is 0 Å². The number of aliphatic hydroxyl groups is 1. The van der Waals surface area contributed by atoms with Crippen LogP contribution in [0.4, 0.5) is 0 Å². The molecule has 2 aliphatic rings. The zero-order chi connectivity index (χ0) is 10.2.